The average molecular weight is 312 g/mol. The Hall–Kier alpha value is -1.62. The minimum Gasteiger partial charge on any atom is -0.392 e. The zero-order chi connectivity index (χ0) is 16.4. The molecule has 2 aromatic rings. The molecular formula is C19H24N2O2. The second kappa shape index (κ2) is 4.94. The van der Waals surface area contributed by atoms with Gasteiger partial charge in [-0.05, 0) is 56.2 Å². The Morgan fingerprint density at radius 3 is 2.91 bits per heavy atom. The Morgan fingerprint density at radius 2 is 2.17 bits per heavy atom. The van der Waals surface area contributed by atoms with E-state index in [4.69, 9.17) is 0 Å². The van der Waals surface area contributed by atoms with Crippen molar-refractivity contribution in [3.8, 4) is 0 Å². The smallest absolute Gasteiger partial charge is 0.0932 e. The molecule has 2 N–H and O–H groups in total. The van der Waals surface area contributed by atoms with E-state index < -0.39 is 5.60 Å². The highest BCUT2D eigenvalue weighted by Gasteiger charge is 2.37. The summed E-state index contributed by atoms with van der Waals surface area (Å²) in [7, 11) is 2.09. The Balaban J connectivity index is 1.94. The molecule has 2 aliphatic rings. The molecule has 23 heavy (non-hydrogen) atoms. The van der Waals surface area contributed by atoms with E-state index in [1.807, 2.05) is 19.9 Å². The fourth-order valence-electron chi connectivity index (χ4n) is 4.33. The van der Waals surface area contributed by atoms with Crippen molar-refractivity contribution in [2.24, 2.45) is 0 Å². The van der Waals surface area contributed by atoms with Crippen molar-refractivity contribution >= 4 is 16.5 Å². The molecule has 1 unspecified atom stereocenters. The minimum atomic E-state index is -0.789. The van der Waals surface area contributed by atoms with Gasteiger partial charge >= 0.3 is 0 Å². The molecule has 3 atom stereocenters. The van der Waals surface area contributed by atoms with Crippen molar-refractivity contribution in [2.75, 3.05) is 13.6 Å². The topological polar surface area (TPSA) is 48.6 Å². The molecule has 4 rings (SSSR count). The number of β-amino-alcohol motifs (C(OH)–C–C–N with tert-alkyl or cyclic N) is 1. The molecule has 0 saturated carbocycles. The van der Waals surface area contributed by atoms with Crippen molar-refractivity contribution in [3.05, 3.63) is 41.6 Å². The third-order valence-electron chi connectivity index (χ3n) is 5.10. The maximum absolute atomic E-state index is 10.6. The maximum atomic E-state index is 10.6. The summed E-state index contributed by atoms with van der Waals surface area (Å²) in [6.45, 7) is 4.96. The number of benzene rings is 1. The van der Waals surface area contributed by atoms with Crippen LogP contribution in [0.4, 0.5) is 0 Å². The fourth-order valence-corrected chi connectivity index (χ4v) is 4.33. The van der Waals surface area contributed by atoms with Gasteiger partial charge < -0.3 is 14.8 Å². The van der Waals surface area contributed by atoms with Crippen LogP contribution in [-0.2, 0) is 13.0 Å². The van der Waals surface area contributed by atoms with Gasteiger partial charge in [-0.15, -0.1) is 0 Å². The van der Waals surface area contributed by atoms with Crippen LogP contribution in [0.5, 0.6) is 0 Å². The van der Waals surface area contributed by atoms with Crippen LogP contribution >= 0.6 is 0 Å². The van der Waals surface area contributed by atoms with Gasteiger partial charge in [0.1, 0.15) is 0 Å². The zero-order valence-corrected chi connectivity index (χ0v) is 14.0. The lowest BCUT2D eigenvalue weighted by atomic mass is 9.79. The predicted octanol–water partition coefficient (Wildman–Crippen LogP) is 2.03. The summed E-state index contributed by atoms with van der Waals surface area (Å²) in [6.07, 6.45) is 4.83. The molecule has 0 amide bonds. The van der Waals surface area contributed by atoms with E-state index in [0.717, 1.165) is 6.42 Å². The third-order valence-corrected chi connectivity index (χ3v) is 5.10. The molecule has 2 heterocycles. The standard InChI is InChI=1S/C19H24N2O2/c1-12(22)9-21-10-13-7-17-15(8-19(2,23)11-20(17)3)14-5-4-6-16(21)18(13)14/h4-6,8,10,12,17,22-23H,7,9,11H2,1-3H3/t12?,17-,19+/m1/s1. The molecule has 1 aromatic heterocycles. The van der Waals surface area contributed by atoms with Crippen LogP contribution in [-0.4, -0.2) is 51.0 Å². The van der Waals surface area contributed by atoms with Crippen molar-refractivity contribution in [1.82, 2.24) is 9.47 Å². The second-order valence-electron chi connectivity index (χ2n) is 7.45. The van der Waals surface area contributed by atoms with Crippen molar-refractivity contribution in [3.63, 3.8) is 0 Å². The highest BCUT2D eigenvalue weighted by Crippen LogP contribution is 2.42. The predicted molar refractivity (Wildman–Crippen MR) is 92.3 cm³/mol. The average Bonchev–Trinajstić information content (AvgIpc) is 2.78. The number of nitrogens with zero attached hydrogens (tertiary/aromatic N) is 2. The number of hydrogen-bond donors (Lipinski definition) is 2. The van der Waals surface area contributed by atoms with Crippen molar-refractivity contribution < 1.29 is 10.2 Å². The number of aliphatic hydroxyl groups is 2. The first-order chi connectivity index (χ1) is 10.9. The monoisotopic (exact) mass is 312 g/mol. The van der Waals surface area contributed by atoms with Gasteiger partial charge in [0.2, 0.25) is 0 Å². The van der Waals surface area contributed by atoms with Gasteiger partial charge in [0.15, 0.2) is 0 Å². The van der Waals surface area contributed by atoms with Gasteiger partial charge in [0.05, 0.1) is 11.7 Å². The molecule has 0 fully saturated rings. The van der Waals surface area contributed by atoms with Gasteiger partial charge in [-0.3, -0.25) is 4.90 Å². The third kappa shape index (κ3) is 2.33. The summed E-state index contributed by atoms with van der Waals surface area (Å²) in [5.41, 5.74) is 4.18. The Bertz CT molecular complexity index is 801. The number of aliphatic hydroxyl groups excluding tert-OH is 1. The molecule has 0 spiro atoms. The zero-order valence-electron chi connectivity index (χ0n) is 14.0. The maximum Gasteiger partial charge on any atom is 0.0932 e. The number of likely N-dealkylation sites (N-methyl/N-ethyl adjacent to an activating group) is 1. The Labute approximate surface area is 136 Å². The van der Waals surface area contributed by atoms with Crippen molar-refractivity contribution in [1.29, 1.82) is 0 Å². The summed E-state index contributed by atoms with van der Waals surface area (Å²) in [5.74, 6) is 0. The van der Waals surface area contributed by atoms with E-state index in [-0.39, 0.29) is 6.10 Å². The van der Waals surface area contributed by atoms with Crippen molar-refractivity contribution in [2.45, 2.75) is 44.6 Å². The largest absolute Gasteiger partial charge is 0.392 e. The first-order valence-electron chi connectivity index (χ1n) is 8.30. The van der Waals surface area contributed by atoms with Crippen LogP contribution < -0.4 is 0 Å². The quantitative estimate of drug-likeness (QED) is 0.892. The number of aromatic nitrogens is 1. The molecule has 0 bridgehead atoms. The lowest BCUT2D eigenvalue weighted by Gasteiger charge is -2.42. The van der Waals surface area contributed by atoms with Crippen LogP contribution in [0.25, 0.3) is 16.5 Å². The number of rotatable bonds is 2. The molecule has 1 aliphatic heterocycles. The van der Waals surface area contributed by atoms with Gasteiger partial charge in [-0.1, -0.05) is 12.1 Å². The molecular weight excluding hydrogens is 288 g/mol. The Kier molecular flexibility index (Phi) is 3.21. The van der Waals surface area contributed by atoms with E-state index in [1.54, 1.807) is 0 Å². The summed E-state index contributed by atoms with van der Waals surface area (Å²) < 4.78 is 2.16. The molecule has 0 radical (unpaired) electrons. The highest BCUT2D eigenvalue weighted by molar-refractivity contribution is 5.99. The van der Waals surface area contributed by atoms with Gasteiger partial charge in [0.25, 0.3) is 0 Å². The molecule has 0 saturated heterocycles. The molecule has 1 aliphatic carbocycles. The van der Waals surface area contributed by atoms with E-state index in [0.29, 0.717) is 19.1 Å². The van der Waals surface area contributed by atoms with E-state index in [1.165, 1.54) is 27.6 Å². The van der Waals surface area contributed by atoms with Crippen LogP contribution in [0.2, 0.25) is 0 Å². The molecule has 4 nitrogen and oxygen atoms in total. The van der Waals surface area contributed by atoms with Crippen LogP contribution in [0.1, 0.15) is 25.0 Å². The first kappa shape index (κ1) is 14.9. The summed E-state index contributed by atoms with van der Waals surface area (Å²) in [5, 5.41) is 21.6. The van der Waals surface area contributed by atoms with E-state index in [2.05, 4.69) is 40.9 Å². The highest BCUT2D eigenvalue weighted by atomic mass is 16.3. The van der Waals surface area contributed by atoms with Crippen LogP contribution in [0, 0.1) is 0 Å². The van der Waals surface area contributed by atoms with Crippen LogP contribution in [0.15, 0.2) is 30.5 Å². The van der Waals surface area contributed by atoms with Gasteiger partial charge in [-0.2, -0.15) is 0 Å². The van der Waals surface area contributed by atoms with Crippen LogP contribution in [0.3, 0.4) is 0 Å². The first-order valence-corrected chi connectivity index (χ1v) is 8.30. The summed E-state index contributed by atoms with van der Waals surface area (Å²) >= 11 is 0. The van der Waals surface area contributed by atoms with Gasteiger partial charge in [0, 0.05) is 36.2 Å². The fraction of sp³-hybridized carbons (Fsp3) is 0.474. The molecule has 122 valence electrons. The molecule has 1 aromatic carbocycles. The normalized spacial score (nSPS) is 28.6. The lowest BCUT2D eigenvalue weighted by molar-refractivity contribution is 0.0542. The molecule has 4 heteroatoms. The lowest BCUT2D eigenvalue weighted by Crippen LogP contribution is -2.49. The Morgan fingerprint density at radius 1 is 1.39 bits per heavy atom. The van der Waals surface area contributed by atoms with Gasteiger partial charge in [-0.25, -0.2) is 0 Å². The second-order valence-corrected chi connectivity index (χ2v) is 7.45. The summed E-state index contributed by atoms with van der Waals surface area (Å²) in [6, 6.07) is 6.67. The van der Waals surface area contributed by atoms with E-state index in [9.17, 15) is 10.2 Å². The minimum absolute atomic E-state index is 0.315. The SMILES string of the molecule is CC(O)Cn1cc2c3c(cccc31)C1=C[C@](C)(O)CN(C)[C@@H]1C2. The van der Waals surface area contributed by atoms with E-state index >= 15 is 0 Å². The summed E-state index contributed by atoms with van der Waals surface area (Å²) in [4.78, 5) is 2.25. The number of hydrogen-bond acceptors (Lipinski definition) is 3. The number of fused-ring (bicyclic) bond motifs is 2.